The Morgan fingerprint density at radius 3 is 2.71 bits per heavy atom. The van der Waals surface area contributed by atoms with Crippen LogP contribution in [0, 0.1) is 12.8 Å². The van der Waals surface area contributed by atoms with E-state index in [2.05, 4.69) is 15.0 Å². The number of esters is 2. The van der Waals surface area contributed by atoms with Crippen LogP contribution in [0.4, 0.5) is 0 Å². The molecule has 0 radical (unpaired) electrons. The Morgan fingerprint density at radius 1 is 1.32 bits per heavy atom. The van der Waals surface area contributed by atoms with Crippen molar-refractivity contribution in [2.45, 2.75) is 52.2 Å². The zero-order valence-corrected chi connectivity index (χ0v) is 17.9. The number of fused-ring (bicyclic) bond motifs is 1. The highest BCUT2D eigenvalue weighted by Gasteiger charge is 2.42. The van der Waals surface area contributed by atoms with Crippen LogP contribution < -0.4 is 0 Å². The maximum atomic E-state index is 13.5. The molecule has 1 aliphatic heterocycles. The van der Waals surface area contributed by atoms with Crippen LogP contribution in [0.25, 0.3) is 21.3 Å². The van der Waals surface area contributed by atoms with Crippen LogP contribution in [0.5, 0.6) is 0 Å². The minimum atomic E-state index is -0.823. The number of carbonyl (C=O) groups is 3. The number of aryl methyl sites for hydroxylation is 1. The number of cyclic esters (lactones) is 1. The number of Topliss-reactive ketones (excluding diaryl/α,β-unsaturated/α-hetero) is 1. The predicted octanol–water partition coefficient (Wildman–Crippen LogP) is 4.31. The Bertz CT molecular complexity index is 1100. The summed E-state index contributed by atoms with van der Waals surface area (Å²) in [6.07, 6.45) is -0.660. The van der Waals surface area contributed by atoms with Gasteiger partial charge in [-0.2, -0.15) is 0 Å². The first kappa shape index (κ1) is 22.2. The SMILES string of the molecule is Cc1c(C(=O)OC(C)(C)C)c(C(=O)C2CC(=O)OC2CCN=[N+]=[N-])nc2ccccc12. The monoisotopic (exact) mass is 424 g/mol. The van der Waals surface area contributed by atoms with Gasteiger partial charge in [0.15, 0.2) is 5.78 Å². The average Bonchev–Trinajstić information content (AvgIpc) is 3.06. The van der Waals surface area contributed by atoms with Gasteiger partial charge in [0.25, 0.3) is 0 Å². The van der Waals surface area contributed by atoms with E-state index in [1.54, 1.807) is 39.8 Å². The van der Waals surface area contributed by atoms with E-state index in [9.17, 15) is 14.4 Å². The molecular weight excluding hydrogens is 400 g/mol. The summed E-state index contributed by atoms with van der Waals surface area (Å²) in [6.45, 7) is 7.05. The normalized spacial score (nSPS) is 18.4. The summed E-state index contributed by atoms with van der Waals surface area (Å²) in [5, 5.41) is 4.19. The molecule has 2 aromatic rings. The lowest BCUT2D eigenvalue weighted by molar-refractivity contribution is -0.141. The van der Waals surface area contributed by atoms with Gasteiger partial charge in [-0.3, -0.25) is 9.59 Å². The highest BCUT2D eigenvalue weighted by molar-refractivity contribution is 6.10. The summed E-state index contributed by atoms with van der Waals surface area (Å²) in [7, 11) is 0. The molecule has 0 bridgehead atoms. The first-order valence-corrected chi connectivity index (χ1v) is 9.99. The highest BCUT2D eigenvalue weighted by Crippen LogP contribution is 2.32. The van der Waals surface area contributed by atoms with Gasteiger partial charge >= 0.3 is 11.9 Å². The summed E-state index contributed by atoms with van der Waals surface area (Å²) in [4.78, 5) is 45.7. The van der Waals surface area contributed by atoms with Crippen molar-refractivity contribution < 1.29 is 23.9 Å². The van der Waals surface area contributed by atoms with Gasteiger partial charge in [0.1, 0.15) is 17.4 Å². The number of ether oxygens (including phenoxy) is 2. The zero-order chi connectivity index (χ0) is 22.8. The van der Waals surface area contributed by atoms with Crippen molar-refractivity contribution >= 4 is 28.6 Å². The fourth-order valence-corrected chi connectivity index (χ4v) is 3.67. The predicted molar refractivity (Wildman–Crippen MR) is 113 cm³/mol. The van der Waals surface area contributed by atoms with Gasteiger partial charge < -0.3 is 9.47 Å². The quantitative estimate of drug-likeness (QED) is 0.223. The number of ketones is 1. The molecule has 0 N–H and O–H groups in total. The van der Waals surface area contributed by atoms with Crippen LogP contribution in [-0.4, -0.2) is 41.0 Å². The Labute approximate surface area is 179 Å². The molecular formula is C22H24N4O5. The summed E-state index contributed by atoms with van der Waals surface area (Å²) in [5.74, 6) is -2.45. The molecule has 1 aromatic carbocycles. The molecule has 0 saturated carbocycles. The molecule has 1 fully saturated rings. The van der Waals surface area contributed by atoms with E-state index in [0.717, 1.165) is 5.39 Å². The molecule has 2 heterocycles. The smallest absolute Gasteiger partial charge is 0.341 e. The van der Waals surface area contributed by atoms with Crippen molar-refractivity contribution in [1.29, 1.82) is 0 Å². The van der Waals surface area contributed by atoms with Gasteiger partial charge in [0.05, 0.1) is 23.4 Å². The molecule has 9 nitrogen and oxygen atoms in total. The van der Waals surface area contributed by atoms with Gasteiger partial charge in [-0.25, -0.2) is 9.78 Å². The molecule has 0 amide bonds. The number of nitrogens with zero attached hydrogens (tertiary/aromatic N) is 4. The molecule has 1 aromatic heterocycles. The molecule has 1 saturated heterocycles. The Morgan fingerprint density at radius 2 is 2.03 bits per heavy atom. The largest absolute Gasteiger partial charge is 0.462 e. The second-order valence-corrected chi connectivity index (χ2v) is 8.43. The van der Waals surface area contributed by atoms with Crippen LogP contribution in [0.1, 0.15) is 60.0 Å². The number of rotatable bonds is 6. The van der Waals surface area contributed by atoms with Gasteiger partial charge in [-0.05, 0) is 51.3 Å². The maximum Gasteiger partial charge on any atom is 0.341 e. The van der Waals surface area contributed by atoms with Crippen LogP contribution >= 0.6 is 0 Å². The zero-order valence-electron chi connectivity index (χ0n) is 17.9. The number of hydrogen-bond acceptors (Lipinski definition) is 7. The molecule has 0 spiro atoms. The lowest BCUT2D eigenvalue weighted by Crippen LogP contribution is -2.30. The van der Waals surface area contributed by atoms with E-state index >= 15 is 0 Å². The number of para-hydroxylation sites is 1. The molecule has 2 unspecified atom stereocenters. The van der Waals surface area contributed by atoms with E-state index < -0.39 is 35.3 Å². The standard InChI is InChI=1S/C22H24N4O5/c1-12-13-7-5-6-8-15(13)25-19(18(12)21(29)31-22(2,3)4)20(28)14-11-17(27)30-16(14)9-10-24-26-23/h5-8,14,16H,9-11H2,1-4H3. The fraction of sp³-hybridized carbons (Fsp3) is 0.455. The van der Waals surface area contributed by atoms with E-state index in [4.69, 9.17) is 15.0 Å². The number of carbonyl (C=O) groups excluding carboxylic acids is 3. The lowest BCUT2D eigenvalue weighted by Gasteiger charge is -2.22. The van der Waals surface area contributed by atoms with E-state index in [-0.39, 0.29) is 30.6 Å². The van der Waals surface area contributed by atoms with Crippen molar-refractivity contribution in [3.63, 3.8) is 0 Å². The van der Waals surface area contributed by atoms with Gasteiger partial charge in [-0.1, -0.05) is 23.3 Å². The highest BCUT2D eigenvalue weighted by atomic mass is 16.6. The van der Waals surface area contributed by atoms with E-state index in [1.807, 2.05) is 12.1 Å². The van der Waals surface area contributed by atoms with Crippen molar-refractivity contribution in [3.05, 3.63) is 51.5 Å². The third-order valence-electron chi connectivity index (χ3n) is 5.02. The van der Waals surface area contributed by atoms with Gasteiger partial charge in [0, 0.05) is 16.8 Å². The van der Waals surface area contributed by atoms with Crippen LogP contribution in [-0.2, 0) is 14.3 Å². The number of azide groups is 1. The van der Waals surface area contributed by atoms with E-state index in [0.29, 0.717) is 11.1 Å². The van der Waals surface area contributed by atoms with Gasteiger partial charge in [0.2, 0.25) is 0 Å². The van der Waals surface area contributed by atoms with Crippen molar-refractivity contribution in [2.24, 2.45) is 11.0 Å². The van der Waals surface area contributed by atoms with Crippen molar-refractivity contribution in [3.8, 4) is 0 Å². The van der Waals surface area contributed by atoms with Crippen molar-refractivity contribution in [2.75, 3.05) is 6.54 Å². The Balaban J connectivity index is 2.09. The number of pyridine rings is 1. The lowest BCUT2D eigenvalue weighted by atomic mass is 9.89. The summed E-state index contributed by atoms with van der Waals surface area (Å²) >= 11 is 0. The minimum Gasteiger partial charge on any atom is -0.462 e. The van der Waals surface area contributed by atoms with Crippen LogP contribution in [0.15, 0.2) is 29.4 Å². The first-order chi connectivity index (χ1) is 14.6. The second kappa shape index (κ2) is 8.73. The molecule has 2 atom stereocenters. The average molecular weight is 424 g/mol. The van der Waals surface area contributed by atoms with Crippen LogP contribution in [0.2, 0.25) is 0 Å². The summed E-state index contributed by atoms with van der Waals surface area (Å²) < 4.78 is 10.8. The molecule has 3 rings (SSSR count). The molecule has 0 aliphatic carbocycles. The Kier molecular flexibility index (Phi) is 6.27. The van der Waals surface area contributed by atoms with Gasteiger partial charge in [-0.15, -0.1) is 0 Å². The molecule has 9 heteroatoms. The maximum absolute atomic E-state index is 13.5. The topological polar surface area (TPSA) is 131 Å². The number of aromatic nitrogens is 1. The summed E-state index contributed by atoms with van der Waals surface area (Å²) in [6, 6.07) is 7.20. The number of hydrogen-bond donors (Lipinski definition) is 0. The minimum absolute atomic E-state index is 0.0393. The van der Waals surface area contributed by atoms with Crippen LogP contribution in [0.3, 0.4) is 0 Å². The third kappa shape index (κ3) is 4.83. The Hall–Kier alpha value is -3.45. The second-order valence-electron chi connectivity index (χ2n) is 8.43. The molecule has 1 aliphatic rings. The third-order valence-corrected chi connectivity index (χ3v) is 5.02. The first-order valence-electron chi connectivity index (χ1n) is 9.99. The molecule has 31 heavy (non-hydrogen) atoms. The molecule has 162 valence electrons. The van der Waals surface area contributed by atoms with Crippen molar-refractivity contribution in [1.82, 2.24) is 4.98 Å². The fourth-order valence-electron chi connectivity index (χ4n) is 3.67. The number of benzene rings is 1. The summed E-state index contributed by atoms with van der Waals surface area (Å²) in [5.41, 5.74) is 8.92. The van der Waals surface area contributed by atoms with E-state index in [1.165, 1.54) is 0 Å².